The van der Waals surface area contributed by atoms with Crippen LogP contribution in [0.2, 0.25) is 0 Å². The van der Waals surface area contributed by atoms with Crippen molar-refractivity contribution < 1.29 is 9.90 Å². The highest BCUT2D eigenvalue weighted by molar-refractivity contribution is 5.89. The van der Waals surface area contributed by atoms with Crippen LogP contribution in [0.15, 0.2) is 24.3 Å². The van der Waals surface area contributed by atoms with Crippen molar-refractivity contribution in [2.45, 2.75) is 33.2 Å². The summed E-state index contributed by atoms with van der Waals surface area (Å²) in [4.78, 5) is 13.8. The van der Waals surface area contributed by atoms with Gasteiger partial charge in [0.25, 0.3) is 0 Å². The number of anilines is 1. The largest absolute Gasteiger partial charge is 0.396 e. The predicted molar refractivity (Wildman–Crippen MR) is 73.7 cm³/mol. The molecular formula is C14H22N2O2. The third kappa shape index (κ3) is 4.37. The zero-order valence-corrected chi connectivity index (χ0v) is 11.3. The molecule has 4 nitrogen and oxygen atoms in total. The molecule has 0 saturated carbocycles. The van der Waals surface area contributed by atoms with Gasteiger partial charge >= 0.3 is 6.03 Å². The Morgan fingerprint density at radius 1 is 1.33 bits per heavy atom. The van der Waals surface area contributed by atoms with Crippen LogP contribution < -0.4 is 5.32 Å². The van der Waals surface area contributed by atoms with E-state index in [1.165, 1.54) is 0 Å². The average Bonchev–Trinajstić information content (AvgIpc) is 2.32. The third-order valence-corrected chi connectivity index (χ3v) is 2.74. The number of benzene rings is 1. The molecule has 1 rings (SSSR count). The second-order valence-electron chi connectivity index (χ2n) is 4.66. The molecule has 0 aliphatic heterocycles. The van der Waals surface area contributed by atoms with Crippen molar-refractivity contribution in [2.24, 2.45) is 0 Å². The van der Waals surface area contributed by atoms with Crippen molar-refractivity contribution in [2.75, 3.05) is 18.5 Å². The fourth-order valence-electron chi connectivity index (χ4n) is 1.67. The third-order valence-electron chi connectivity index (χ3n) is 2.74. The van der Waals surface area contributed by atoms with E-state index >= 15 is 0 Å². The van der Waals surface area contributed by atoms with Crippen LogP contribution in [0.25, 0.3) is 0 Å². The summed E-state index contributed by atoms with van der Waals surface area (Å²) in [6, 6.07) is 7.69. The van der Waals surface area contributed by atoms with Crippen molar-refractivity contribution in [3.8, 4) is 0 Å². The number of amides is 2. The molecule has 0 aliphatic carbocycles. The molecule has 18 heavy (non-hydrogen) atoms. The number of urea groups is 1. The summed E-state index contributed by atoms with van der Waals surface area (Å²) in [6.07, 6.45) is 0.597. The number of carbonyl (C=O) groups excluding carboxylic acids is 1. The molecule has 0 aliphatic rings. The quantitative estimate of drug-likeness (QED) is 0.844. The van der Waals surface area contributed by atoms with E-state index in [0.717, 1.165) is 11.3 Å². The SMILES string of the molecule is Cc1ccc(NC(=O)N(CCCO)C(C)C)cc1. The fraction of sp³-hybridized carbons (Fsp3) is 0.500. The molecule has 0 bridgehead atoms. The molecule has 2 N–H and O–H groups in total. The zero-order chi connectivity index (χ0) is 13.5. The van der Waals surface area contributed by atoms with Gasteiger partial charge in [-0.25, -0.2) is 4.79 Å². The summed E-state index contributed by atoms with van der Waals surface area (Å²) < 4.78 is 0. The minimum absolute atomic E-state index is 0.0982. The van der Waals surface area contributed by atoms with Gasteiger partial charge in [-0.2, -0.15) is 0 Å². The maximum atomic E-state index is 12.1. The van der Waals surface area contributed by atoms with E-state index in [2.05, 4.69) is 5.32 Å². The molecule has 0 unspecified atom stereocenters. The summed E-state index contributed by atoms with van der Waals surface area (Å²) in [5, 5.41) is 11.7. The van der Waals surface area contributed by atoms with E-state index in [1.807, 2.05) is 45.0 Å². The molecule has 100 valence electrons. The number of rotatable bonds is 5. The first-order chi connectivity index (χ1) is 8.54. The van der Waals surface area contributed by atoms with Gasteiger partial charge in [0, 0.05) is 24.9 Å². The van der Waals surface area contributed by atoms with E-state index in [9.17, 15) is 4.79 Å². The van der Waals surface area contributed by atoms with Gasteiger partial charge in [0.1, 0.15) is 0 Å². The van der Waals surface area contributed by atoms with Crippen LogP contribution >= 0.6 is 0 Å². The molecule has 0 heterocycles. The lowest BCUT2D eigenvalue weighted by Crippen LogP contribution is -2.40. The van der Waals surface area contributed by atoms with Crippen LogP contribution in [0, 0.1) is 6.92 Å². The zero-order valence-electron chi connectivity index (χ0n) is 11.3. The molecule has 0 spiro atoms. The van der Waals surface area contributed by atoms with Crippen molar-refractivity contribution in [3.05, 3.63) is 29.8 Å². The average molecular weight is 250 g/mol. The number of nitrogens with one attached hydrogen (secondary N) is 1. The molecule has 0 atom stereocenters. The maximum Gasteiger partial charge on any atom is 0.322 e. The molecule has 1 aromatic rings. The van der Waals surface area contributed by atoms with Crippen molar-refractivity contribution >= 4 is 11.7 Å². The minimum atomic E-state index is -0.123. The molecule has 0 saturated heterocycles. The highest BCUT2D eigenvalue weighted by Gasteiger charge is 2.16. The molecular weight excluding hydrogens is 228 g/mol. The Labute approximate surface area is 109 Å². The van der Waals surface area contributed by atoms with Crippen molar-refractivity contribution in [1.82, 2.24) is 4.90 Å². The first kappa shape index (κ1) is 14.5. The number of hydrogen-bond acceptors (Lipinski definition) is 2. The Bertz CT molecular complexity index is 374. The Hall–Kier alpha value is -1.55. The lowest BCUT2D eigenvalue weighted by molar-refractivity contribution is 0.186. The van der Waals surface area contributed by atoms with Gasteiger partial charge in [-0.3, -0.25) is 0 Å². The second-order valence-corrected chi connectivity index (χ2v) is 4.66. The minimum Gasteiger partial charge on any atom is -0.396 e. The van der Waals surface area contributed by atoms with Crippen LogP contribution in [0.1, 0.15) is 25.8 Å². The molecule has 0 radical (unpaired) electrons. The lowest BCUT2D eigenvalue weighted by atomic mass is 10.2. The van der Waals surface area contributed by atoms with E-state index < -0.39 is 0 Å². The van der Waals surface area contributed by atoms with E-state index in [4.69, 9.17) is 5.11 Å². The van der Waals surface area contributed by atoms with Gasteiger partial charge in [-0.1, -0.05) is 17.7 Å². The predicted octanol–water partition coefficient (Wildman–Crippen LogP) is 2.62. The monoisotopic (exact) mass is 250 g/mol. The molecule has 0 fully saturated rings. The van der Waals surface area contributed by atoms with E-state index in [1.54, 1.807) is 4.90 Å². The number of aryl methyl sites for hydroxylation is 1. The van der Waals surface area contributed by atoms with E-state index in [0.29, 0.717) is 13.0 Å². The lowest BCUT2D eigenvalue weighted by Gasteiger charge is -2.26. The fourth-order valence-corrected chi connectivity index (χ4v) is 1.67. The number of aliphatic hydroxyl groups is 1. The summed E-state index contributed by atoms with van der Waals surface area (Å²) in [6.45, 7) is 6.60. The summed E-state index contributed by atoms with van der Waals surface area (Å²) in [5.41, 5.74) is 1.95. The van der Waals surface area contributed by atoms with Gasteiger partial charge in [-0.15, -0.1) is 0 Å². The summed E-state index contributed by atoms with van der Waals surface area (Å²) >= 11 is 0. The van der Waals surface area contributed by atoms with Gasteiger partial charge in [0.2, 0.25) is 0 Å². The van der Waals surface area contributed by atoms with Crippen LogP contribution in [0.4, 0.5) is 10.5 Å². The van der Waals surface area contributed by atoms with Gasteiger partial charge in [-0.05, 0) is 39.3 Å². The topological polar surface area (TPSA) is 52.6 Å². The second kappa shape index (κ2) is 7.01. The van der Waals surface area contributed by atoms with Crippen LogP contribution in [0.5, 0.6) is 0 Å². The van der Waals surface area contributed by atoms with Gasteiger partial charge in [0.05, 0.1) is 0 Å². The van der Waals surface area contributed by atoms with Crippen LogP contribution in [0.3, 0.4) is 0 Å². The van der Waals surface area contributed by atoms with Gasteiger partial charge in [0.15, 0.2) is 0 Å². The van der Waals surface area contributed by atoms with E-state index in [-0.39, 0.29) is 18.7 Å². The van der Waals surface area contributed by atoms with Gasteiger partial charge < -0.3 is 15.3 Å². The normalized spacial score (nSPS) is 10.5. The number of aliphatic hydroxyl groups excluding tert-OH is 1. The first-order valence-electron chi connectivity index (χ1n) is 6.29. The summed E-state index contributed by atoms with van der Waals surface area (Å²) in [7, 11) is 0. The highest BCUT2D eigenvalue weighted by atomic mass is 16.3. The number of nitrogens with zero attached hydrogens (tertiary/aromatic N) is 1. The van der Waals surface area contributed by atoms with Crippen LogP contribution in [-0.4, -0.2) is 35.2 Å². The Morgan fingerprint density at radius 3 is 2.44 bits per heavy atom. The van der Waals surface area contributed by atoms with Crippen molar-refractivity contribution in [1.29, 1.82) is 0 Å². The number of carbonyl (C=O) groups is 1. The Morgan fingerprint density at radius 2 is 1.94 bits per heavy atom. The smallest absolute Gasteiger partial charge is 0.322 e. The van der Waals surface area contributed by atoms with Crippen molar-refractivity contribution in [3.63, 3.8) is 0 Å². The Balaban J connectivity index is 2.63. The first-order valence-corrected chi connectivity index (χ1v) is 6.29. The Kier molecular flexibility index (Phi) is 5.65. The molecule has 1 aromatic carbocycles. The standard InChI is InChI=1S/C14H22N2O2/c1-11(2)16(9-4-10-17)14(18)15-13-7-5-12(3)6-8-13/h5-8,11,17H,4,9-10H2,1-3H3,(H,15,18). The molecule has 0 aromatic heterocycles. The molecule has 2 amide bonds. The highest BCUT2D eigenvalue weighted by Crippen LogP contribution is 2.11. The number of hydrogen-bond donors (Lipinski definition) is 2. The molecule has 4 heteroatoms. The summed E-state index contributed by atoms with van der Waals surface area (Å²) in [5.74, 6) is 0. The van der Waals surface area contributed by atoms with Crippen LogP contribution in [-0.2, 0) is 0 Å². The maximum absolute atomic E-state index is 12.1.